The summed E-state index contributed by atoms with van der Waals surface area (Å²) in [5.41, 5.74) is 1.66. The molecule has 5 nitrogen and oxygen atoms in total. The molecule has 0 saturated heterocycles. The van der Waals surface area contributed by atoms with Crippen LogP contribution in [0.15, 0.2) is 35.4 Å². The SMILES string of the molecule is CCOC(=O)/C=C/c1cnc2c(C)cccn2c1=O. The number of rotatable bonds is 3. The lowest BCUT2D eigenvalue weighted by Crippen LogP contribution is -2.17. The van der Waals surface area contributed by atoms with E-state index in [1.165, 1.54) is 22.7 Å². The van der Waals surface area contributed by atoms with E-state index in [1.807, 2.05) is 13.0 Å². The van der Waals surface area contributed by atoms with Crippen LogP contribution in [0, 0.1) is 6.92 Å². The first-order valence-electron chi connectivity index (χ1n) is 5.95. The van der Waals surface area contributed by atoms with Crippen LogP contribution in [0.4, 0.5) is 0 Å². The van der Waals surface area contributed by atoms with Gasteiger partial charge >= 0.3 is 5.97 Å². The van der Waals surface area contributed by atoms with E-state index in [0.29, 0.717) is 17.8 Å². The van der Waals surface area contributed by atoms with Gasteiger partial charge in [-0.1, -0.05) is 6.07 Å². The molecule has 19 heavy (non-hydrogen) atoms. The largest absolute Gasteiger partial charge is 0.463 e. The molecule has 5 heteroatoms. The zero-order chi connectivity index (χ0) is 13.8. The van der Waals surface area contributed by atoms with Crippen molar-refractivity contribution in [3.63, 3.8) is 0 Å². The van der Waals surface area contributed by atoms with E-state index in [4.69, 9.17) is 4.74 Å². The summed E-state index contributed by atoms with van der Waals surface area (Å²) in [4.78, 5) is 27.6. The highest BCUT2D eigenvalue weighted by Gasteiger charge is 2.04. The molecule has 0 aliphatic heterocycles. The third-order valence-corrected chi connectivity index (χ3v) is 2.64. The smallest absolute Gasteiger partial charge is 0.330 e. The molecule has 0 spiro atoms. The van der Waals surface area contributed by atoms with Gasteiger partial charge in [0.15, 0.2) is 0 Å². The van der Waals surface area contributed by atoms with Crippen molar-refractivity contribution in [3.8, 4) is 0 Å². The first-order chi connectivity index (χ1) is 9.13. The third kappa shape index (κ3) is 2.70. The molecule has 0 unspecified atom stereocenters. The molecular formula is C14H14N2O3. The van der Waals surface area contributed by atoms with Crippen LogP contribution in [-0.4, -0.2) is 22.0 Å². The Morgan fingerprint density at radius 3 is 3.05 bits per heavy atom. The minimum absolute atomic E-state index is 0.214. The first kappa shape index (κ1) is 13.0. The van der Waals surface area contributed by atoms with Crippen molar-refractivity contribution in [2.24, 2.45) is 0 Å². The highest BCUT2D eigenvalue weighted by molar-refractivity contribution is 5.86. The lowest BCUT2D eigenvalue weighted by atomic mass is 10.2. The van der Waals surface area contributed by atoms with E-state index in [2.05, 4.69) is 4.98 Å². The summed E-state index contributed by atoms with van der Waals surface area (Å²) in [5, 5.41) is 0. The fraction of sp³-hybridized carbons (Fsp3) is 0.214. The van der Waals surface area contributed by atoms with Crippen LogP contribution in [-0.2, 0) is 9.53 Å². The van der Waals surface area contributed by atoms with Crippen LogP contribution in [0.2, 0.25) is 0 Å². The van der Waals surface area contributed by atoms with E-state index in [0.717, 1.165) is 5.56 Å². The van der Waals surface area contributed by atoms with Gasteiger partial charge in [0.2, 0.25) is 0 Å². The van der Waals surface area contributed by atoms with Crippen molar-refractivity contribution in [2.75, 3.05) is 6.61 Å². The predicted octanol–water partition coefficient (Wildman–Crippen LogP) is 1.58. The van der Waals surface area contributed by atoms with Crippen LogP contribution in [0.25, 0.3) is 11.7 Å². The van der Waals surface area contributed by atoms with E-state index in [-0.39, 0.29) is 5.56 Å². The fourth-order valence-electron chi connectivity index (χ4n) is 1.72. The summed E-state index contributed by atoms with van der Waals surface area (Å²) in [6.07, 6.45) is 5.76. The van der Waals surface area contributed by atoms with Crippen molar-refractivity contribution in [2.45, 2.75) is 13.8 Å². The Hall–Kier alpha value is -2.43. The van der Waals surface area contributed by atoms with Crippen LogP contribution in [0.5, 0.6) is 0 Å². The van der Waals surface area contributed by atoms with Gasteiger partial charge in [0.25, 0.3) is 5.56 Å². The van der Waals surface area contributed by atoms with Gasteiger partial charge in [0, 0.05) is 18.5 Å². The fourth-order valence-corrected chi connectivity index (χ4v) is 1.72. The molecule has 0 aliphatic carbocycles. The number of aromatic nitrogens is 2. The predicted molar refractivity (Wildman–Crippen MR) is 71.9 cm³/mol. The lowest BCUT2D eigenvalue weighted by Gasteiger charge is -2.03. The number of esters is 1. The number of hydrogen-bond donors (Lipinski definition) is 0. The zero-order valence-electron chi connectivity index (χ0n) is 10.8. The average molecular weight is 258 g/mol. The minimum Gasteiger partial charge on any atom is -0.463 e. The number of pyridine rings is 1. The van der Waals surface area contributed by atoms with E-state index in [1.54, 1.807) is 19.2 Å². The summed E-state index contributed by atoms with van der Waals surface area (Å²) in [6, 6.07) is 3.67. The molecule has 2 aromatic heterocycles. The molecule has 0 radical (unpaired) electrons. The summed E-state index contributed by atoms with van der Waals surface area (Å²) in [6.45, 7) is 3.91. The van der Waals surface area contributed by atoms with Crippen molar-refractivity contribution < 1.29 is 9.53 Å². The maximum atomic E-state index is 12.2. The van der Waals surface area contributed by atoms with Gasteiger partial charge in [-0.3, -0.25) is 9.20 Å². The van der Waals surface area contributed by atoms with Crippen LogP contribution >= 0.6 is 0 Å². The van der Waals surface area contributed by atoms with E-state index in [9.17, 15) is 9.59 Å². The van der Waals surface area contributed by atoms with Gasteiger partial charge in [-0.05, 0) is 31.6 Å². The molecule has 0 bridgehead atoms. The Balaban J connectivity index is 2.44. The van der Waals surface area contributed by atoms with Gasteiger partial charge in [-0.2, -0.15) is 0 Å². The standard InChI is InChI=1S/C14H14N2O3/c1-3-19-12(17)7-6-11-9-15-13-10(2)5-4-8-16(13)14(11)18/h4-9H,3H2,1-2H3/b7-6+. The topological polar surface area (TPSA) is 60.7 Å². The molecule has 2 aromatic rings. The normalized spacial score (nSPS) is 11.1. The third-order valence-electron chi connectivity index (χ3n) is 2.64. The maximum absolute atomic E-state index is 12.2. The van der Waals surface area contributed by atoms with Crippen molar-refractivity contribution in [1.29, 1.82) is 0 Å². The minimum atomic E-state index is -0.476. The number of ether oxygens (including phenoxy) is 1. The molecule has 0 amide bonds. The molecule has 0 atom stereocenters. The number of carbonyl (C=O) groups excluding carboxylic acids is 1. The summed E-state index contributed by atoms with van der Waals surface area (Å²) in [5.74, 6) is -0.476. The lowest BCUT2D eigenvalue weighted by molar-refractivity contribution is -0.137. The average Bonchev–Trinajstić information content (AvgIpc) is 2.39. The van der Waals surface area contributed by atoms with E-state index < -0.39 is 5.97 Å². The Bertz CT molecular complexity index is 701. The maximum Gasteiger partial charge on any atom is 0.330 e. The van der Waals surface area contributed by atoms with Gasteiger partial charge in [0.05, 0.1) is 12.2 Å². The van der Waals surface area contributed by atoms with Gasteiger partial charge in [0.1, 0.15) is 5.65 Å². The molecule has 0 aromatic carbocycles. The van der Waals surface area contributed by atoms with Crippen molar-refractivity contribution >= 4 is 17.7 Å². The number of carbonyl (C=O) groups is 1. The molecule has 0 fully saturated rings. The number of hydrogen-bond acceptors (Lipinski definition) is 4. The van der Waals surface area contributed by atoms with Gasteiger partial charge in [-0.25, -0.2) is 9.78 Å². The second-order valence-corrected chi connectivity index (χ2v) is 3.99. The molecule has 98 valence electrons. The van der Waals surface area contributed by atoms with E-state index >= 15 is 0 Å². The molecule has 2 heterocycles. The summed E-state index contributed by atoms with van der Waals surface area (Å²) < 4.78 is 6.21. The van der Waals surface area contributed by atoms with Crippen molar-refractivity contribution in [1.82, 2.24) is 9.38 Å². The molecule has 0 N–H and O–H groups in total. The van der Waals surface area contributed by atoms with Crippen LogP contribution < -0.4 is 5.56 Å². The summed E-state index contributed by atoms with van der Waals surface area (Å²) >= 11 is 0. The Morgan fingerprint density at radius 1 is 1.53 bits per heavy atom. The highest BCUT2D eigenvalue weighted by Crippen LogP contribution is 2.05. The Labute approximate surface area is 110 Å². The number of aryl methyl sites for hydroxylation is 1. The van der Waals surface area contributed by atoms with Gasteiger partial charge in [-0.15, -0.1) is 0 Å². The molecule has 0 saturated carbocycles. The van der Waals surface area contributed by atoms with Crippen LogP contribution in [0.1, 0.15) is 18.1 Å². The zero-order valence-corrected chi connectivity index (χ0v) is 10.8. The highest BCUT2D eigenvalue weighted by atomic mass is 16.5. The quantitative estimate of drug-likeness (QED) is 0.619. The number of nitrogens with zero attached hydrogens (tertiary/aromatic N) is 2. The first-order valence-corrected chi connectivity index (χ1v) is 5.95. The second kappa shape index (κ2) is 5.48. The van der Waals surface area contributed by atoms with Gasteiger partial charge < -0.3 is 4.74 Å². The number of fused-ring (bicyclic) bond motifs is 1. The molecule has 0 aliphatic rings. The monoisotopic (exact) mass is 258 g/mol. The Kier molecular flexibility index (Phi) is 3.75. The Morgan fingerprint density at radius 2 is 2.32 bits per heavy atom. The molecule has 2 rings (SSSR count). The van der Waals surface area contributed by atoms with Crippen LogP contribution in [0.3, 0.4) is 0 Å². The molecular weight excluding hydrogens is 244 g/mol. The van der Waals surface area contributed by atoms with Crippen molar-refractivity contribution in [3.05, 3.63) is 52.1 Å². The summed E-state index contributed by atoms with van der Waals surface area (Å²) in [7, 11) is 0. The second-order valence-electron chi connectivity index (χ2n) is 3.99.